The summed E-state index contributed by atoms with van der Waals surface area (Å²) in [7, 11) is 0. The van der Waals surface area contributed by atoms with Gasteiger partial charge in [0.15, 0.2) is 0 Å². The zero-order chi connectivity index (χ0) is 9.84. The smallest absolute Gasteiger partial charge is 0.0625 e. The molecule has 0 spiro atoms. The lowest BCUT2D eigenvalue weighted by Gasteiger charge is -2.06. The van der Waals surface area contributed by atoms with Gasteiger partial charge in [-0.25, -0.2) is 0 Å². The lowest BCUT2D eigenvalue weighted by Crippen LogP contribution is -1.90. The quantitative estimate of drug-likeness (QED) is 0.706. The molecule has 1 aromatic rings. The van der Waals surface area contributed by atoms with Crippen molar-refractivity contribution in [2.45, 2.75) is 26.7 Å². The molecule has 0 aromatic heterocycles. The van der Waals surface area contributed by atoms with Crippen LogP contribution in [0.2, 0.25) is 5.02 Å². The van der Waals surface area contributed by atoms with Crippen molar-refractivity contribution < 1.29 is 0 Å². The Labute approximate surface area is 84.0 Å². The Morgan fingerprint density at radius 3 is 2.62 bits per heavy atom. The molecule has 1 rings (SSSR count). The molecule has 0 saturated heterocycles. The van der Waals surface area contributed by atoms with Crippen LogP contribution < -0.4 is 0 Å². The van der Waals surface area contributed by atoms with Gasteiger partial charge in [-0.2, -0.15) is 5.26 Å². The molecule has 13 heavy (non-hydrogen) atoms. The second kappa shape index (κ2) is 4.30. The molecule has 0 aliphatic carbocycles. The average Bonchev–Trinajstić information content (AvgIpc) is 2.09. The van der Waals surface area contributed by atoms with Gasteiger partial charge in [0.1, 0.15) is 0 Å². The lowest BCUT2D eigenvalue weighted by molar-refractivity contribution is 0.994. The minimum absolute atomic E-state index is 0.556. The van der Waals surface area contributed by atoms with Crippen LogP contribution in [-0.4, -0.2) is 0 Å². The van der Waals surface area contributed by atoms with Crippen molar-refractivity contribution in [1.82, 2.24) is 0 Å². The predicted molar refractivity (Wildman–Crippen MR) is 54.9 cm³/mol. The number of aryl methyl sites for hydroxylation is 3. The highest BCUT2D eigenvalue weighted by molar-refractivity contribution is 6.31. The van der Waals surface area contributed by atoms with Gasteiger partial charge in [0.25, 0.3) is 0 Å². The van der Waals surface area contributed by atoms with Gasteiger partial charge in [-0.15, -0.1) is 0 Å². The van der Waals surface area contributed by atoms with Crippen LogP contribution in [0, 0.1) is 25.2 Å². The fraction of sp³-hybridized carbons (Fsp3) is 0.364. The molecule has 0 atom stereocenters. The van der Waals surface area contributed by atoms with Gasteiger partial charge in [-0.1, -0.05) is 17.7 Å². The van der Waals surface area contributed by atoms with E-state index in [1.807, 2.05) is 13.0 Å². The molecule has 0 bridgehead atoms. The Bertz CT molecular complexity index is 350. The van der Waals surface area contributed by atoms with Gasteiger partial charge < -0.3 is 0 Å². The van der Waals surface area contributed by atoms with E-state index in [9.17, 15) is 0 Å². The monoisotopic (exact) mass is 193 g/mol. The van der Waals surface area contributed by atoms with Crippen LogP contribution in [0.25, 0.3) is 0 Å². The largest absolute Gasteiger partial charge is 0.198 e. The van der Waals surface area contributed by atoms with E-state index in [-0.39, 0.29) is 0 Å². The van der Waals surface area contributed by atoms with Crippen molar-refractivity contribution in [1.29, 1.82) is 5.26 Å². The van der Waals surface area contributed by atoms with Crippen LogP contribution >= 0.6 is 11.6 Å². The van der Waals surface area contributed by atoms with Gasteiger partial charge in [-0.05, 0) is 43.0 Å². The van der Waals surface area contributed by atoms with Crippen LogP contribution in [-0.2, 0) is 6.42 Å². The fourth-order valence-electron chi connectivity index (χ4n) is 1.33. The molecular formula is C11H12ClN. The van der Waals surface area contributed by atoms with Crippen LogP contribution in [0.15, 0.2) is 12.1 Å². The molecular weight excluding hydrogens is 182 g/mol. The Morgan fingerprint density at radius 2 is 2.00 bits per heavy atom. The number of benzene rings is 1. The Morgan fingerprint density at radius 1 is 1.31 bits per heavy atom. The highest BCUT2D eigenvalue weighted by Crippen LogP contribution is 2.21. The molecule has 0 aliphatic rings. The summed E-state index contributed by atoms with van der Waals surface area (Å²) in [6.45, 7) is 4.04. The van der Waals surface area contributed by atoms with Crippen molar-refractivity contribution >= 4 is 11.6 Å². The van der Waals surface area contributed by atoms with Crippen LogP contribution in [0.1, 0.15) is 23.1 Å². The standard InChI is InChI=1S/C11H12ClN/c1-8-6-9(2)11(12)7-10(8)4-3-5-13/h6-7H,3-4H2,1-2H3. The lowest BCUT2D eigenvalue weighted by atomic mass is 10.0. The first-order valence-electron chi connectivity index (χ1n) is 4.27. The summed E-state index contributed by atoms with van der Waals surface area (Å²) >= 11 is 5.98. The van der Waals surface area contributed by atoms with Gasteiger partial charge in [0.2, 0.25) is 0 Å². The Kier molecular flexibility index (Phi) is 3.33. The van der Waals surface area contributed by atoms with Gasteiger partial charge >= 0.3 is 0 Å². The Hall–Kier alpha value is -1.00. The molecule has 1 nitrogen and oxygen atoms in total. The zero-order valence-corrected chi connectivity index (χ0v) is 8.65. The van der Waals surface area contributed by atoms with Crippen molar-refractivity contribution in [3.8, 4) is 6.07 Å². The van der Waals surface area contributed by atoms with E-state index >= 15 is 0 Å². The first kappa shape index (κ1) is 10.1. The third-order valence-corrected chi connectivity index (χ3v) is 2.53. The maximum absolute atomic E-state index is 8.46. The molecule has 0 unspecified atom stereocenters. The SMILES string of the molecule is Cc1cc(C)c(CCC#N)cc1Cl. The first-order valence-corrected chi connectivity index (χ1v) is 4.65. The molecule has 0 heterocycles. The fourth-order valence-corrected chi connectivity index (χ4v) is 1.51. The number of hydrogen-bond donors (Lipinski definition) is 0. The molecule has 0 amide bonds. The molecule has 1 aromatic carbocycles. The summed E-state index contributed by atoms with van der Waals surface area (Å²) in [5.41, 5.74) is 3.49. The van der Waals surface area contributed by atoms with Gasteiger partial charge in [-0.3, -0.25) is 0 Å². The first-order chi connectivity index (χ1) is 6.15. The summed E-state index contributed by atoms with van der Waals surface area (Å²) in [6, 6.07) is 6.16. The summed E-state index contributed by atoms with van der Waals surface area (Å²) in [4.78, 5) is 0. The van der Waals surface area contributed by atoms with E-state index in [2.05, 4.69) is 19.1 Å². The van der Waals surface area contributed by atoms with Crippen molar-refractivity contribution in [3.63, 3.8) is 0 Å². The van der Waals surface area contributed by atoms with E-state index in [0.717, 1.165) is 17.0 Å². The maximum Gasteiger partial charge on any atom is 0.0625 e. The molecule has 0 N–H and O–H groups in total. The number of nitriles is 1. The molecule has 0 saturated carbocycles. The highest BCUT2D eigenvalue weighted by atomic mass is 35.5. The Balaban J connectivity index is 2.96. The van der Waals surface area contributed by atoms with E-state index in [4.69, 9.17) is 16.9 Å². The molecule has 0 radical (unpaired) electrons. The predicted octanol–water partition coefficient (Wildman–Crippen LogP) is 3.41. The topological polar surface area (TPSA) is 23.8 Å². The van der Waals surface area contributed by atoms with Crippen LogP contribution in [0.3, 0.4) is 0 Å². The van der Waals surface area contributed by atoms with Gasteiger partial charge in [0.05, 0.1) is 6.07 Å². The zero-order valence-electron chi connectivity index (χ0n) is 7.89. The molecule has 2 heteroatoms. The van der Waals surface area contributed by atoms with E-state index in [1.54, 1.807) is 0 Å². The molecule has 0 aliphatic heterocycles. The van der Waals surface area contributed by atoms with Crippen molar-refractivity contribution in [3.05, 3.63) is 33.8 Å². The van der Waals surface area contributed by atoms with Crippen LogP contribution in [0.4, 0.5) is 0 Å². The minimum Gasteiger partial charge on any atom is -0.198 e. The number of halogens is 1. The highest BCUT2D eigenvalue weighted by Gasteiger charge is 2.02. The molecule has 0 fully saturated rings. The van der Waals surface area contributed by atoms with Crippen molar-refractivity contribution in [2.75, 3.05) is 0 Å². The third-order valence-electron chi connectivity index (χ3n) is 2.12. The van der Waals surface area contributed by atoms with E-state index < -0.39 is 0 Å². The number of rotatable bonds is 2. The maximum atomic E-state index is 8.46. The molecule has 68 valence electrons. The summed E-state index contributed by atoms with van der Waals surface area (Å²) in [5, 5.41) is 9.25. The average molecular weight is 194 g/mol. The third kappa shape index (κ3) is 2.47. The summed E-state index contributed by atoms with van der Waals surface area (Å²) < 4.78 is 0. The van der Waals surface area contributed by atoms with Crippen molar-refractivity contribution in [2.24, 2.45) is 0 Å². The number of hydrogen-bond acceptors (Lipinski definition) is 1. The second-order valence-electron chi connectivity index (χ2n) is 3.19. The minimum atomic E-state index is 0.556. The van der Waals surface area contributed by atoms with Gasteiger partial charge in [0, 0.05) is 11.4 Å². The summed E-state index contributed by atoms with van der Waals surface area (Å²) in [6.07, 6.45) is 1.35. The van der Waals surface area contributed by atoms with E-state index in [1.165, 1.54) is 11.1 Å². The normalized spacial score (nSPS) is 9.69. The summed E-state index contributed by atoms with van der Waals surface area (Å²) in [5.74, 6) is 0. The second-order valence-corrected chi connectivity index (χ2v) is 3.59. The number of nitrogens with zero attached hydrogens (tertiary/aromatic N) is 1. The van der Waals surface area contributed by atoms with E-state index in [0.29, 0.717) is 6.42 Å². The van der Waals surface area contributed by atoms with Crippen LogP contribution in [0.5, 0.6) is 0 Å².